The van der Waals surface area contributed by atoms with Gasteiger partial charge in [0.05, 0.1) is 0 Å². The molecule has 0 unspecified atom stereocenters. The molecule has 2 nitrogen and oxygen atoms in total. The third-order valence-electron chi connectivity index (χ3n) is 3.26. The molecule has 2 aromatic rings. The van der Waals surface area contributed by atoms with Crippen molar-refractivity contribution >= 4 is 32.6 Å². The van der Waals surface area contributed by atoms with Crippen LogP contribution in [0.2, 0.25) is 0 Å². The summed E-state index contributed by atoms with van der Waals surface area (Å²) in [7, 11) is 0. The second-order valence-electron chi connectivity index (χ2n) is 5.05. The van der Waals surface area contributed by atoms with Gasteiger partial charge < -0.3 is 4.90 Å². The number of hydrogen-bond acceptors (Lipinski definition) is 1. The minimum absolute atomic E-state index is 0.0460. The Morgan fingerprint density at radius 3 is 2.55 bits per heavy atom. The van der Waals surface area contributed by atoms with Crippen molar-refractivity contribution in [2.24, 2.45) is 0 Å². The summed E-state index contributed by atoms with van der Waals surface area (Å²) < 4.78 is 1.04. The maximum atomic E-state index is 12.6. The molecule has 2 rings (SSSR count). The number of halogens is 1. The molecule has 0 heterocycles. The van der Waals surface area contributed by atoms with Gasteiger partial charge in [-0.05, 0) is 48.9 Å². The Balaban J connectivity index is 2.39. The molecule has 0 fully saturated rings. The molecule has 0 saturated heterocycles. The van der Waals surface area contributed by atoms with Gasteiger partial charge in [-0.15, -0.1) is 6.58 Å². The van der Waals surface area contributed by atoms with E-state index in [9.17, 15) is 4.79 Å². The molecular weight excluding hydrogens is 314 g/mol. The fraction of sp³-hybridized carbons (Fsp3) is 0.235. The van der Waals surface area contributed by atoms with Gasteiger partial charge >= 0.3 is 0 Å². The summed E-state index contributed by atoms with van der Waals surface area (Å²) in [5.41, 5.74) is 0.718. The van der Waals surface area contributed by atoms with E-state index in [1.807, 2.05) is 55.1 Å². The molecule has 0 aliphatic heterocycles. The molecule has 0 atom stereocenters. The van der Waals surface area contributed by atoms with Crippen molar-refractivity contribution < 1.29 is 4.79 Å². The van der Waals surface area contributed by atoms with Gasteiger partial charge in [-0.25, -0.2) is 0 Å². The average molecular weight is 332 g/mol. The number of nitrogens with zero attached hydrogens (tertiary/aromatic N) is 1. The number of fused-ring (bicyclic) bond motifs is 1. The van der Waals surface area contributed by atoms with Crippen LogP contribution in [0.5, 0.6) is 0 Å². The van der Waals surface area contributed by atoms with Crippen LogP contribution in [0.3, 0.4) is 0 Å². The van der Waals surface area contributed by atoms with Gasteiger partial charge in [0.25, 0.3) is 5.91 Å². The van der Waals surface area contributed by atoms with E-state index < -0.39 is 0 Å². The maximum Gasteiger partial charge on any atom is 0.254 e. The number of amides is 1. The van der Waals surface area contributed by atoms with Crippen molar-refractivity contribution in [3.8, 4) is 0 Å². The van der Waals surface area contributed by atoms with Gasteiger partial charge in [0.1, 0.15) is 0 Å². The third-order valence-corrected chi connectivity index (χ3v) is 3.75. The normalized spacial score (nSPS) is 10.8. The highest BCUT2D eigenvalue weighted by atomic mass is 79.9. The second-order valence-corrected chi connectivity index (χ2v) is 5.96. The van der Waals surface area contributed by atoms with Gasteiger partial charge in [0.2, 0.25) is 0 Å². The fourth-order valence-corrected chi connectivity index (χ4v) is 2.56. The van der Waals surface area contributed by atoms with Gasteiger partial charge in [0, 0.05) is 22.6 Å². The van der Waals surface area contributed by atoms with Crippen LogP contribution in [0, 0.1) is 0 Å². The van der Waals surface area contributed by atoms with E-state index in [4.69, 9.17) is 0 Å². The van der Waals surface area contributed by atoms with Gasteiger partial charge in [-0.3, -0.25) is 4.79 Å². The van der Waals surface area contributed by atoms with E-state index >= 15 is 0 Å². The van der Waals surface area contributed by atoms with Crippen molar-refractivity contribution in [2.75, 3.05) is 6.54 Å². The average Bonchev–Trinajstić information content (AvgIpc) is 2.43. The van der Waals surface area contributed by atoms with Crippen LogP contribution in [-0.2, 0) is 0 Å². The lowest BCUT2D eigenvalue weighted by Gasteiger charge is -2.25. The first-order valence-corrected chi connectivity index (χ1v) is 7.43. The third kappa shape index (κ3) is 3.10. The summed E-state index contributed by atoms with van der Waals surface area (Å²) in [6.45, 7) is 8.31. The Morgan fingerprint density at radius 2 is 1.90 bits per heavy atom. The zero-order chi connectivity index (χ0) is 14.7. The lowest BCUT2D eigenvalue weighted by atomic mass is 10.1. The monoisotopic (exact) mass is 331 g/mol. The molecule has 20 heavy (non-hydrogen) atoms. The summed E-state index contributed by atoms with van der Waals surface area (Å²) in [6, 6.07) is 12.0. The first-order valence-electron chi connectivity index (χ1n) is 6.64. The SMILES string of the molecule is C=CCN(C(=O)c1ccc2cc(Br)ccc2c1)C(C)C. The van der Waals surface area contributed by atoms with Crippen molar-refractivity contribution in [1.82, 2.24) is 4.90 Å². The molecule has 0 radical (unpaired) electrons. The van der Waals surface area contributed by atoms with Gasteiger partial charge in [-0.1, -0.05) is 34.1 Å². The smallest absolute Gasteiger partial charge is 0.254 e. The Bertz CT molecular complexity index is 648. The molecule has 0 N–H and O–H groups in total. The largest absolute Gasteiger partial charge is 0.333 e. The Hall–Kier alpha value is -1.61. The summed E-state index contributed by atoms with van der Waals surface area (Å²) in [5, 5.41) is 2.19. The van der Waals surface area contributed by atoms with E-state index in [1.165, 1.54) is 0 Å². The highest BCUT2D eigenvalue weighted by Gasteiger charge is 2.17. The molecule has 3 heteroatoms. The number of carbonyl (C=O) groups excluding carboxylic acids is 1. The predicted octanol–water partition coefficient (Wildman–Crippen LogP) is 4.64. The molecule has 0 aromatic heterocycles. The zero-order valence-electron chi connectivity index (χ0n) is 11.8. The van der Waals surface area contributed by atoms with E-state index in [2.05, 4.69) is 22.5 Å². The first kappa shape index (κ1) is 14.8. The van der Waals surface area contributed by atoms with Gasteiger partial charge in [-0.2, -0.15) is 0 Å². The van der Waals surface area contributed by atoms with Crippen LogP contribution < -0.4 is 0 Å². The van der Waals surface area contributed by atoms with E-state index in [-0.39, 0.29) is 11.9 Å². The molecular formula is C17H18BrNO. The van der Waals surface area contributed by atoms with Crippen LogP contribution in [0.25, 0.3) is 10.8 Å². The molecule has 104 valence electrons. The minimum atomic E-state index is 0.0460. The van der Waals surface area contributed by atoms with Crippen LogP contribution >= 0.6 is 15.9 Å². The van der Waals surface area contributed by atoms with Crippen molar-refractivity contribution in [3.63, 3.8) is 0 Å². The topological polar surface area (TPSA) is 20.3 Å². The van der Waals surface area contributed by atoms with Crippen LogP contribution in [-0.4, -0.2) is 23.4 Å². The lowest BCUT2D eigenvalue weighted by Crippen LogP contribution is -2.37. The summed E-state index contributed by atoms with van der Waals surface area (Å²) >= 11 is 3.46. The number of rotatable bonds is 4. The molecule has 0 aliphatic carbocycles. The predicted molar refractivity (Wildman–Crippen MR) is 88.0 cm³/mol. The Kier molecular flexibility index (Phi) is 4.61. The van der Waals surface area contributed by atoms with Crippen molar-refractivity contribution in [3.05, 3.63) is 59.1 Å². The van der Waals surface area contributed by atoms with Crippen LogP contribution in [0.1, 0.15) is 24.2 Å². The van der Waals surface area contributed by atoms with E-state index in [0.717, 1.165) is 20.8 Å². The molecule has 0 aliphatic rings. The van der Waals surface area contributed by atoms with E-state index in [1.54, 1.807) is 6.08 Å². The summed E-state index contributed by atoms with van der Waals surface area (Å²) in [4.78, 5) is 14.4. The van der Waals surface area contributed by atoms with Gasteiger partial charge in [0.15, 0.2) is 0 Å². The Labute approximate surface area is 128 Å². The van der Waals surface area contributed by atoms with Crippen LogP contribution in [0.4, 0.5) is 0 Å². The van der Waals surface area contributed by atoms with Crippen molar-refractivity contribution in [1.29, 1.82) is 0 Å². The first-order chi connectivity index (χ1) is 9.52. The van der Waals surface area contributed by atoms with Crippen molar-refractivity contribution in [2.45, 2.75) is 19.9 Å². The molecule has 0 bridgehead atoms. The van der Waals surface area contributed by atoms with E-state index in [0.29, 0.717) is 6.54 Å². The highest BCUT2D eigenvalue weighted by Crippen LogP contribution is 2.22. The minimum Gasteiger partial charge on any atom is -0.333 e. The number of benzene rings is 2. The molecule has 0 saturated carbocycles. The van der Waals surface area contributed by atoms with Crippen LogP contribution in [0.15, 0.2) is 53.5 Å². The Morgan fingerprint density at radius 1 is 1.25 bits per heavy atom. The molecule has 1 amide bonds. The zero-order valence-corrected chi connectivity index (χ0v) is 13.4. The highest BCUT2D eigenvalue weighted by molar-refractivity contribution is 9.10. The number of hydrogen-bond donors (Lipinski definition) is 0. The fourth-order valence-electron chi connectivity index (χ4n) is 2.18. The lowest BCUT2D eigenvalue weighted by molar-refractivity contribution is 0.0729. The quantitative estimate of drug-likeness (QED) is 0.747. The maximum absolute atomic E-state index is 12.6. The summed E-state index contributed by atoms with van der Waals surface area (Å²) in [5.74, 6) is 0.0460. The number of carbonyl (C=O) groups is 1. The standard InChI is InChI=1S/C17H18BrNO/c1-4-9-19(12(2)3)17(20)15-6-5-14-11-16(18)8-7-13(14)10-15/h4-8,10-12H,1,9H2,2-3H3. The summed E-state index contributed by atoms with van der Waals surface area (Å²) in [6.07, 6.45) is 1.76. The second kappa shape index (κ2) is 6.23. The molecule has 2 aromatic carbocycles. The molecule has 0 spiro atoms.